The zero-order valence-corrected chi connectivity index (χ0v) is 4.58. The van der Waals surface area contributed by atoms with E-state index in [0.29, 0.717) is 0 Å². The molecule has 0 aliphatic rings. The van der Waals surface area contributed by atoms with Crippen LogP contribution in [0.1, 0.15) is 0 Å². The SMILES string of the molecule is N.O=C([O-])C(=O)[O-].[Cu+2]. The molecule has 0 spiro atoms. The van der Waals surface area contributed by atoms with Crippen molar-refractivity contribution < 1.29 is 36.9 Å². The first kappa shape index (κ1) is 15.7. The Morgan fingerprint density at radius 1 is 1.00 bits per heavy atom. The quantitative estimate of drug-likeness (QED) is 0.300. The topological polar surface area (TPSA) is 115 Å². The Morgan fingerprint density at radius 2 is 1.12 bits per heavy atom. The number of carboxylic acids is 2. The predicted molar refractivity (Wildman–Crippen MR) is 15.0 cm³/mol. The summed E-state index contributed by atoms with van der Waals surface area (Å²) in [6, 6.07) is 0. The van der Waals surface area contributed by atoms with Crippen molar-refractivity contribution in [1.29, 1.82) is 0 Å². The molecule has 0 aliphatic heterocycles. The van der Waals surface area contributed by atoms with Gasteiger partial charge in [-0.2, -0.15) is 0 Å². The summed E-state index contributed by atoms with van der Waals surface area (Å²) in [7, 11) is 0. The van der Waals surface area contributed by atoms with Crippen LogP contribution in [-0.4, -0.2) is 11.9 Å². The number of aliphatic carboxylic acids is 2. The molecule has 1 radical (unpaired) electrons. The van der Waals surface area contributed by atoms with Crippen molar-refractivity contribution in [3.63, 3.8) is 0 Å². The summed E-state index contributed by atoms with van der Waals surface area (Å²) in [6.45, 7) is 0. The largest absolute Gasteiger partial charge is 2.00 e. The smallest absolute Gasteiger partial charge is 0.543 e. The van der Waals surface area contributed by atoms with Crippen molar-refractivity contribution in [3.05, 3.63) is 0 Å². The fourth-order valence-electron chi connectivity index (χ4n) is 0. The summed E-state index contributed by atoms with van der Waals surface area (Å²) < 4.78 is 0. The third-order valence-corrected chi connectivity index (χ3v) is 0.167. The van der Waals surface area contributed by atoms with Gasteiger partial charge in [-0.15, -0.1) is 0 Å². The standard InChI is InChI=1S/C2H2O4.Cu.H3N/c3-1(4)2(5)6;;/h(H,3,4)(H,5,6);;1H3/q;+2;/p-2. The van der Waals surface area contributed by atoms with Crippen LogP contribution >= 0.6 is 0 Å². The van der Waals surface area contributed by atoms with Gasteiger partial charge in [0.05, 0.1) is 11.9 Å². The van der Waals surface area contributed by atoms with E-state index in [1.54, 1.807) is 0 Å². The van der Waals surface area contributed by atoms with Gasteiger partial charge in [-0.3, -0.25) is 0 Å². The maximum Gasteiger partial charge on any atom is 2.00 e. The van der Waals surface area contributed by atoms with Gasteiger partial charge in [0.2, 0.25) is 0 Å². The summed E-state index contributed by atoms with van der Waals surface area (Å²) in [6.07, 6.45) is 0. The van der Waals surface area contributed by atoms with Gasteiger partial charge in [0.15, 0.2) is 0 Å². The molecule has 6 heteroatoms. The average molecular weight is 169 g/mol. The zero-order valence-electron chi connectivity index (χ0n) is 3.64. The van der Waals surface area contributed by atoms with Crippen molar-refractivity contribution in [2.75, 3.05) is 0 Å². The minimum atomic E-state index is -2.19. The molecule has 0 aliphatic carbocycles. The van der Waals surface area contributed by atoms with Crippen molar-refractivity contribution in [1.82, 2.24) is 6.15 Å². The molecule has 0 saturated heterocycles. The maximum atomic E-state index is 8.93. The van der Waals surface area contributed by atoms with Crippen LogP contribution < -0.4 is 16.4 Å². The Morgan fingerprint density at radius 3 is 1.12 bits per heavy atom. The van der Waals surface area contributed by atoms with E-state index < -0.39 is 11.9 Å². The van der Waals surface area contributed by atoms with E-state index in [1.165, 1.54) is 0 Å². The van der Waals surface area contributed by atoms with Crippen LogP contribution in [0.5, 0.6) is 0 Å². The van der Waals surface area contributed by atoms with E-state index >= 15 is 0 Å². The van der Waals surface area contributed by atoms with Crippen molar-refractivity contribution >= 4 is 11.9 Å². The van der Waals surface area contributed by atoms with Crippen LogP contribution in [0.15, 0.2) is 0 Å². The predicted octanol–water partition coefficient (Wildman–Crippen LogP) is -3.35. The van der Waals surface area contributed by atoms with Crippen LogP contribution in [0.3, 0.4) is 0 Å². The number of hydrogen-bond acceptors (Lipinski definition) is 5. The minimum absolute atomic E-state index is 0. The Balaban J connectivity index is -0.000000125. The molecule has 0 fully saturated rings. The van der Waals surface area contributed by atoms with Crippen molar-refractivity contribution in [2.24, 2.45) is 0 Å². The van der Waals surface area contributed by atoms with Gasteiger partial charge >= 0.3 is 17.1 Å². The molecule has 0 saturated carbocycles. The molecule has 0 aromatic carbocycles. The summed E-state index contributed by atoms with van der Waals surface area (Å²) in [5.74, 6) is -4.37. The molecule has 0 aromatic heterocycles. The van der Waals surface area contributed by atoms with Gasteiger partial charge in [0.25, 0.3) is 0 Å². The van der Waals surface area contributed by atoms with E-state index in [-0.39, 0.29) is 23.2 Å². The summed E-state index contributed by atoms with van der Waals surface area (Å²) in [5.41, 5.74) is 0. The first-order chi connectivity index (χ1) is 2.64. The molecule has 5 nitrogen and oxygen atoms in total. The van der Waals surface area contributed by atoms with Gasteiger partial charge in [-0.25, -0.2) is 0 Å². The molecule has 0 heterocycles. The third-order valence-electron chi connectivity index (χ3n) is 0.167. The zero-order chi connectivity index (χ0) is 5.15. The normalized spacial score (nSPS) is 5.50. The van der Waals surface area contributed by atoms with Gasteiger partial charge < -0.3 is 26.0 Å². The van der Waals surface area contributed by atoms with Gasteiger partial charge in [0, 0.05) is 0 Å². The molecule has 0 bridgehead atoms. The summed E-state index contributed by atoms with van der Waals surface area (Å²) in [4.78, 5) is 17.9. The molecule has 8 heavy (non-hydrogen) atoms. The second-order valence-electron chi connectivity index (χ2n) is 0.575. The maximum absolute atomic E-state index is 8.93. The van der Waals surface area contributed by atoms with Crippen molar-refractivity contribution in [2.45, 2.75) is 0 Å². The monoisotopic (exact) mass is 168 g/mol. The van der Waals surface area contributed by atoms with Crippen LogP contribution in [-0.2, 0) is 26.7 Å². The van der Waals surface area contributed by atoms with E-state index in [4.69, 9.17) is 19.8 Å². The Labute approximate surface area is 55.7 Å². The molecule has 0 aromatic rings. The number of hydrogen-bond donors (Lipinski definition) is 1. The number of rotatable bonds is 0. The number of carboxylic acid groups (broad SMARTS) is 2. The second-order valence-corrected chi connectivity index (χ2v) is 0.575. The molecule has 0 unspecified atom stereocenters. The van der Waals surface area contributed by atoms with Crippen LogP contribution in [0.25, 0.3) is 0 Å². The van der Waals surface area contributed by atoms with Gasteiger partial charge in [-0.05, 0) is 0 Å². The van der Waals surface area contributed by atoms with E-state index in [9.17, 15) is 0 Å². The molecule has 0 rings (SSSR count). The fraction of sp³-hybridized carbons (Fsp3) is 0. The van der Waals surface area contributed by atoms with Crippen LogP contribution in [0.4, 0.5) is 0 Å². The number of carbonyl (C=O) groups is 2. The Bertz CT molecular complexity index is 80.0. The molecular weight excluding hydrogens is 166 g/mol. The molecule has 0 atom stereocenters. The second kappa shape index (κ2) is 6.42. The Hall–Kier alpha value is -0.581. The van der Waals surface area contributed by atoms with E-state index in [0.717, 1.165) is 0 Å². The van der Waals surface area contributed by atoms with Crippen molar-refractivity contribution in [3.8, 4) is 0 Å². The first-order valence-electron chi connectivity index (χ1n) is 1.07. The average Bonchev–Trinajstić information content (AvgIpc) is 1.36. The molecule has 3 N–H and O–H groups in total. The van der Waals surface area contributed by atoms with Gasteiger partial charge in [-0.1, -0.05) is 0 Å². The van der Waals surface area contributed by atoms with E-state index in [1.807, 2.05) is 0 Å². The first-order valence-corrected chi connectivity index (χ1v) is 1.07. The summed E-state index contributed by atoms with van der Waals surface area (Å²) >= 11 is 0. The Kier molecular flexibility index (Phi) is 12.6. The number of carbonyl (C=O) groups excluding carboxylic acids is 2. The third kappa shape index (κ3) is 9.05. The van der Waals surface area contributed by atoms with Crippen LogP contribution in [0, 0.1) is 0 Å². The molecule has 51 valence electrons. The summed E-state index contributed by atoms with van der Waals surface area (Å²) in [5, 5.41) is 17.9. The fourth-order valence-corrected chi connectivity index (χ4v) is 0. The van der Waals surface area contributed by atoms with E-state index in [2.05, 4.69) is 0 Å². The molecular formula is C2H3CuNO4. The van der Waals surface area contributed by atoms with Crippen LogP contribution in [0.2, 0.25) is 0 Å². The minimum Gasteiger partial charge on any atom is -0.543 e. The van der Waals surface area contributed by atoms with Gasteiger partial charge in [0.1, 0.15) is 0 Å². The molecule has 0 amide bonds.